The van der Waals surface area contributed by atoms with Crippen LogP contribution in [0.15, 0.2) is 42.5 Å². The number of para-hydroxylation sites is 1. The molecule has 1 amide bonds. The number of halogens is 2. The molecule has 31 heavy (non-hydrogen) atoms. The molecule has 2 aromatic rings. The summed E-state index contributed by atoms with van der Waals surface area (Å²) in [7, 11) is -3.61. The maximum atomic E-state index is 12.9. The van der Waals surface area contributed by atoms with Gasteiger partial charge in [0.2, 0.25) is 15.9 Å². The first-order valence-electron chi connectivity index (χ1n) is 10.2. The number of hydrogen-bond acceptors (Lipinski definition) is 4. The molecule has 168 valence electrons. The van der Waals surface area contributed by atoms with Crippen LogP contribution in [0.1, 0.15) is 30.9 Å². The van der Waals surface area contributed by atoms with E-state index in [2.05, 4.69) is 5.32 Å². The fraction of sp³-hybridized carbons (Fsp3) is 0.409. The van der Waals surface area contributed by atoms with E-state index in [0.717, 1.165) is 11.3 Å². The lowest BCUT2D eigenvalue weighted by atomic mass is 9.98. The summed E-state index contributed by atoms with van der Waals surface area (Å²) in [5.74, 6) is -0.0452. The first kappa shape index (κ1) is 23.9. The highest BCUT2D eigenvalue weighted by molar-refractivity contribution is 7.88. The first-order valence-corrected chi connectivity index (χ1v) is 12.6. The van der Waals surface area contributed by atoms with Gasteiger partial charge in [0.05, 0.1) is 18.3 Å². The summed E-state index contributed by atoms with van der Waals surface area (Å²) >= 11 is 12.0. The molecule has 3 rings (SSSR count). The lowest BCUT2D eigenvalue weighted by Crippen LogP contribution is -2.45. The summed E-state index contributed by atoms with van der Waals surface area (Å²) in [5, 5.41) is 3.69. The summed E-state index contributed by atoms with van der Waals surface area (Å²) in [4.78, 5) is 12.8. The van der Waals surface area contributed by atoms with Crippen LogP contribution < -0.4 is 10.1 Å². The van der Waals surface area contributed by atoms with Crippen molar-refractivity contribution < 1.29 is 17.9 Å². The van der Waals surface area contributed by atoms with Gasteiger partial charge in [-0.3, -0.25) is 4.79 Å². The number of nitrogens with one attached hydrogen (secondary N) is 1. The van der Waals surface area contributed by atoms with Gasteiger partial charge in [-0.2, -0.15) is 0 Å². The lowest BCUT2D eigenvalue weighted by Gasteiger charge is -2.31. The van der Waals surface area contributed by atoms with Gasteiger partial charge < -0.3 is 10.1 Å². The molecule has 0 aliphatic carbocycles. The van der Waals surface area contributed by atoms with E-state index >= 15 is 0 Å². The van der Waals surface area contributed by atoms with Crippen LogP contribution in [0.5, 0.6) is 5.75 Å². The molecule has 1 heterocycles. The third-order valence-electron chi connectivity index (χ3n) is 5.23. The van der Waals surface area contributed by atoms with Gasteiger partial charge in [-0.25, -0.2) is 12.7 Å². The molecule has 2 aromatic carbocycles. The van der Waals surface area contributed by atoms with E-state index in [9.17, 15) is 13.2 Å². The lowest BCUT2D eigenvalue weighted by molar-refractivity contribution is -0.126. The molecule has 0 radical (unpaired) electrons. The molecule has 1 atom stereocenters. The van der Waals surface area contributed by atoms with E-state index in [0.29, 0.717) is 48.1 Å². The molecule has 1 fully saturated rings. The van der Waals surface area contributed by atoms with Crippen LogP contribution >= 0.6 is 23.2 Å². The summed E-state index contributed by atoms with van der Waals surface area (Å²) < 4.78 is 32.9. The van der Waals surface area contributed by atoms with Gasteiger partial charge in [0.1, 0.15) is 5.75 Å². The van der Waals surface area contributed by atoms with Crippen LogP contribution in [0.3, 0.4) is 0 Å². The first-order chi connectivity index (χ1) is 14.8. The molecule has 0 saturated carbocycles. The zero-order valence-electron chi connectivity index (χ0n) is 17.3. The number of hydrogen-bond donors (Lipinski definition) is 1. The van der Waals surface area contributed by atoms with E-state index in [1.807, 2.05) is 31.2 Å². The second-order valence-electron chi connectivity index (χ2n) is 7.45. The van der Waals surface area contributed by atoms with Crippen LogP contribution in [-0.2, 0) is 27.1 Å². The van der Waals surface area contributed by atoms with Crippen molar-refractivity contribution in [1.82, 2.24) is 9.62 Å². The van der Waals surface area contributed by atoms with Crippen LogP contribution in [0.4, 0.5) is 0 Å². The molecule has 0 spiro atoms. The maximum Gasteiger partial charge on any atom is 0.224 e. The van der Waals surface area contributed by atoms with E-state index in [1.54, 1.807) is 12.1 Å². The zero-order valence-corrected chi connectivity index (χ0v) is 19.6. The van der Waals surface area contributed by atoms with Crippen LogP contribution in [0.25, 0.3) is 0 Å². The average Bonchev–Trinajstić information content (AvgIpc) is 2.75. The Morgan fingerprint density at radius 1 is 1.19 bits per heavy atom. The summed E-state index contributed by atoms with van der Waals surface area (Å²) in [6.07, 6.45) is 1.27. The Morgan fingerprint density at radius 2 is 1.97 bits per heavy atom. The molecule has 9 heteroatoms. The molecular weight excluding hydrogens is 459 g/mol. The second kappa shape index (κ2) is 10.7. The number of benzene rings is 2. The Kier molecular flexibility index (Phi) is 8.22. The zero-order chi connectivity index (χ0) is 22.4. The molecule has 0 unspecified atom stereocenters. The van der Waals surface area contributed by atoms with E-state index in [1.165, 1.54) is 10.4 Å². The number of ether oxygens (including phenoxy) is 1. The number of nitrogens with zero attached hydrogens (tertiary/aromatic N) is 1. The van der Waals surface area contributed by atoms with Crippen molar-refractivity contribution in [2.75, 3.05) is 19.7 Å². The van der Waals surface area contributed by atoms with Crippen molar-refractivity contribution in [2.45, 2.75) is 32.1 Å². The van der Waals surface area contributed by atoms with Gasteiger partial charge in [-0.15, -0.1) is 0 Å². The van der Waals surface area contributed by atoms with Gasteiger partial charge >= 0.3 is 0 Å². The topological polar surface area (TPSA) is 75.7 Å². The monoisotopic (exact) mass is 484 g/mol. The Morgan fingerprint density at radius 3 is 2.71 bits per heavy atom. The summed E-state index contributed by atoms with van der Waals surface area (Å²) in [6, 6.07) is 12.3. The molecule has 1 saturated heterocycles. The number of rotatable bonds is 8. The minimum Gasteiger partial charge on any atom is -0.494 e. The number of sulfonamides is 1. The van der Waals surface area contributed by atoms with E-state index in [-0.39, 0.29) is 18.2 Å². The minimum absolute atomic E-state index is 0.157. The fourth-order valence-electron chi connectivity index (χ4n) is 3.61. The second-order valence-corrected chi connectivity index (χ2v) is 10.3. The van der Waals surface area contributed by atoms with Crippen molar-refractivity contribution in [2.24, 2.45) is 5.92 Å². The predicted octanol–water partition coefficient (Wildman–Crippen LogP) is 4.25. The molecule has 0 bridgehead atoms. The molecule has 1 aliphatic heterocycles. The highest BCUT2D eigenvalue weighted by Gasteiger charge is 2.32. The van der Waals surface area contributed by atoms with E-state index < -0.39 is 15.9 Å². The molecule has 1 N–H and O–H groups in total. The van der Waals surface area contributed by atoms with Gasteiger partial charge in [0, 0.05) is 35.2 Å². The van der Waals surface area contributed by atoms with Gasteiger partial charge in [-0.05, 0) is 43.5 Å². The summed E-state index contributed by atoms with van der Waals surface area (Å²) in [5.41, 5.74) is 1.38. The smallest absolute Gasteiger partial charge is 0.224 e. The quantitative estimate of drug-likeness (QED) is 0.607. The van der Waals surface area contributed by atoms with Crippen LogP contribution in [0.2, 0.25) is 10.0 Å². The fourth-order valence-corrected chi connectivity index (χ4v) is 5.80. The maximum absolute atomic E-state index is 12.9. The van der Waals surface area contributed by atoms with Gasteiger partial charge in [0.25, 0.3) is 0 Å². The van der Waals surface area contributed by atoms with Crippen LogP contribution in [-0.4, -0.2) is 38.3 Å². The van der Waals surface area contributed by atoms with E-state index in [4.69, 9.17) is 27.9 Å². The van der Waals surface area contributed by atoms with Crippen molar-refractivity contribution >= 4 is 39.1 Å². The van der Waals surface area contributed by atoms with Crippen molar-refractivity contribution in [3.05, 3.63) is 63.6 Å². The highest BCUT2D eigenvalue weighted by Crippen LogP contribution is 2.26. The molecular formula is C22H26Cl2N2O4S. The number of carbonyl (C=O) groups is 1. The molecule has 0 aromatic heterocycles. The third kappa shape index (κ3) is 6.35. The largest absolute Gasteiger partial charge is 0.494 e. The SMILES string of the molecule is CCOc1ccccc1CNC(=O)[C@@H]1CCCN(S(=O)(=O)Cc2ccc(Cl)cc2Cl)C1. The van der Waals surface area contributed by atoms with Gasteiger partial charge in [-0.1, -0.05) is 47.5 Å². The highest BCUT2D eigenvalue weighted by atomic mass is 35.5. The van der Waals surface area contributed by atoms with Crippen molar-refractivity contribution in [3.8, 4) is 5.75 Å². The minimum atomic E-state index is -3.61. The molecule has 6 nitrogen and oxygen atoms in total. The standard InChI is InChI=1S/C22H26Cl2N2O4S/c1-2-30-21-8-4-3-6-16(21)13-25-22(27)17-7-5-11-26(14-17)31(28,29)15-18-9-10-19(23)12-20(18)24/h3-4,6,8-10,12,17H,2,5,7,11,13-15H2,1H3,(H,25,27)/t17-/m1/s1. The normalized spacial score (nSPS) is 17.3. The van der Waals surface area contributed by atoms with Crippen LogP contribution in [0, 0.1) is 5.92 Å². The summed E-state index contributed by atoms with van der Waals surface area (Å²) in [6.45, 7) is 3.33. The van der Waals surface area contributed by atoms with Crippen molar-refractivity contribution in [3.63, 3.8) is 0 Å². The van der Waals surface area contributed by atoms with Crippen molar-refractivity contribution in [1.29, 1.82) is 0 Å². The Balaban J connectivity index is 1.62. The average molecular weight is 485 g/mol. The third-order valence-corrected chi connectivity index (χ3v) is 7.61. The molecule has 1 aliphatic rings. The van der Waals surface area contributed by atoms with Gasteiger partial charge in [0.15, 0.2) is 0 Å². The Bertz CT molecular complexity index is 1030. The predicted molar refractivity (Wildman–Crippen MR) is 123 cm³/mol. The number of piperidine rings is 1. The number of amides is 1. The Hall–Kier alpha value is -1.80. The Labute approximate surface area is 193 Å². The number of carbonyl (C=O) groups excluding carboxylic acids is 1.